The molecule has 0 radical (unpaired) electrons. The molecule has 1 aromatic heterocycles. The summed E-state index contributed by atoms with van der Waals surface area (Å²) in [5, 5.41) is 49.3. The van der Waals surface area contributed by atoms with E-state index < -0.39 is 60.9 Å². The van der Waals surface area contributed by atoms with Gasteiger partial charge >= 0.3 is 0 Å². The Labute approximate surface area is 254 Å². The molecule has 0 bridgehead atoms. The molecule has 15 heteroatoms. The molecule has 1 saturated carbocycles. The van der Waals surface area contributed by atoms with Crippen LogP contribution in [0.2, 0.25) is 15.1 Å². The molecule has 3 aromatic rings. The number of halogens is 4. The van der Waals surface area contributed by atoms with Gasteiger partial charge in [-0.1, -0.05) is 40.0 Å². The third kappa shape index (κ3) is 5.59. The molecule has 2 aliphatic rings. The maximum Gasteiger partial charge on any atom is 0.259 e. The van der Waals surface area contributed by atoms with Gasteiger partial charge in [0.25, 0.3) is 5.91 Å². The minimum Gasteiger partial charge on any atom is -0.394 e. The number of nitrogens with zero attached hydrogens (tertiary/aromatic N) is 5. The molecule has 3 N–H and O–H groups in total. The van der Waals surface area contributed by atoms with Crippen LogP contribution in [0.1, 0.15) is 24.4 Å². The van der Waals surface area contributed by atoms with Gasteiger partial charge in [0.05, 0.1) is 46.6 Å². The first-order chi connectivity index (χ1) is 20.1. The van der Waals surface area contributed by atoms with Crippen molar-refractivity contribution in [2.45, 2.75) is 55.4 Å². The Hall–Kier alpha value is -2.86. The van der Waals surface area contributed by atoms with Gasteiger partial charge in [-0.3, -0.25) is 4.79 Å². The van der Waals surface area contributed by atoms with E-state index >= 15 is 0 Å². The lowest BCUT2D eigenvalue weighted by Crippen LogP contribution is -2.64. The van der Waals surface area contributed by atoms with Crippen LogP contribution in [0.5, 0.6) is 0 Å². The number of rotatable bonds is 7. The van der Waals surface area contributed by atoms with Gasteiger partial charge in [0.1, 0.15) is 35.9 Å². The van der Waals surface area contributed by atoms with E-state index in [2.05, 4.69) is 10.3 Å². The smallest absolute Gasteiger partial charge is 0.259 e. The van der Waals surface area contributed by atoms with Crippen LogP contribution in [0.3, 0.4) is 0 Å². The molecule has 5 rings (SSSR count). The minimum atomic E-state index is -1.41. The monoisotopic (exact) mass is 639 g/mol. The maximum atomic E-state index is 14.3. The molecule has 1 amide bonds. The highest BCUT2D eigenvalue weighted by molar-refractivity contribution is 6.42. The molecule has 1 saturated heterocycles. The number of benzene rings is 2. The summed E-state index contributed by atoms with van der Waals surface area (Å²) < 4.78 is 27.1. The third-order valence-electron chi connectivity index (χ3n) is 7.54. The van der Waals surface area contributed by atoms with Crippen molar-refractivity contribution in [2.24, 2.45) is 0 Å². The zero-order chi connectivity index (χ0) is 30.3. The number of aromatic nitrogens is 3. The van der Waals surface area contributed by atoms with Crippen LogP contribution in [0.25, 0.3) is 11.3 Å². The first kappa shape index (κ1) is 30.6. The van der Waals surface area contributed by atoms with Crippen LogP contribution < -0.4 is 4.90 Å². The minimum absolute atomic E-state index is 0.0352. The number of amides is 1. The molecular formula is C27H25Cl3FN5O6. The third-order valence-corrected chi connectivity index (χ3v) is 8.54. The topological polar surface area (TPSA) is 154 Å². The molecule has 42 heavy (non-hydrogen) atoms. The summed E-state index contributed by atoms with van der Waals surface area (Å²) in [5.41, 5.74) is 0.910. The van der Waals surface area contributed by atoms with Gasteiger partial charge in [0.15, 0.2) is 6.10 Å². The van der Waals surface area contributed by atoms with Crippen LogP contribution in [-0.4, -0.2) is 86.5 Å². The number of ether oxygens (including phenoxy) is 2. The lowest BCUT2D eigenvalue weighted by molar-refractivity contribution is -0.211. The molecule has 222 valence electrons. The fourth-order valence-corrected chi connectivity index (χ4v) is 5.83. The van der Waals surface area contributed by atoms with Gasteiger partial charge in [-0.2, -0.15) is 5.26 Å². The van der Waals surface area contributed by atoms with E-state index in [4.69, 9.17) is 44.3 Å². The normalized spacial score (nSPS) is 27.3. The van der Waals surface area contributed by atoms with E-state index in [0.717, 1.165) is 6.07 Å². The molecule has 7 atom stereocenters. The van der Waals surface area contributed by atoms with Crippen molar-refractivity contribution in [3.05, 3.63) is 63.0 Å². The molecule has 11 nitrogen and oxygen atoms in total. The number of nitriles is 1. The SMILES string of the molecule is COC1C(C(=O)N(c2cc(Cl)cc(C#N)c2)[C@@H]2CC[C@H]2O)OC(CO)C(O)C1n1cc(-c2cc(F)c(Cl)c(Cl)c2)nn1. The van der Waals surface area contributed by atoms with Crippen LogP contribution in [-0.2, 0) is 14.3 Å². The Morgan fingerprint density at radius 1 is 1.24 bits per heavy atom. The summed E-state index contributed by atoms with van der Waals surface area (Å²) in [6, 6.07) is 7.18. The van der Waals surface area contributed by atoms with Gasteiger partial charge in [0.2, 0.25) is 0 Å². The van der Waals surface area contributed by atoms with Crippen molar-refractivity contribution >= 4 is 46.4 Å². The Balaban J connectivity index is 1.54. The number of aliphatic hydroxyl groups excluding tert-OH is 3. The first-order valence-electron chi connectivity index (χ1n) is 12.8. The van der Waals surface area contributed by atoms with Gasteiger partial charge < -0.3 is 29.7 Å². The predicted octanol–water partition coefficient (Wildman–Crippen LogP) is 3.15. The van der Waals surface area contributed by atoms with Crippen molar-refractivity contribution in [3.63, 3.8) is 0 Å². The highest BCUT2D eigenvalue weighted by Crippen LogP contribution is 2.38. The number of hydrogen-bond donors (Lipinski definition) is 3. The molecule has 1 aliphatic heterocycles. The van der Waals surface area contributed by atoms with E-state index in [1.54, 1.807) is 0 Å². The van der Waals surface area contributed by atoms with Crippen molar-refractivity contribution < 1.29 is 34.0 Å². The molecular weight excluding hydrogens is 616 g/mol. The summed E-state index contributed by atoms with van der Waals surface area (Å²) in [7, 11) is 1.31. The lowest BCUT2D eigenvalue weighted by atomic mass is 9.85. The second kappa shape index (κ2) is 12.4. The van der Waals surface area contributed by atoms with Crippen LogP contribution in [0.4, 0.5) is 10.1 Å². The quantitative estimate of drug-likeness (QED) is 0.331. The molecule has 5 unspecified atom stereocenters. The predicted molar refractivity (Wildman–Crippen MR) is 150 cm³/mol. The number of methoxy groups -OCH3 is 1. The average molecular weight is 641 g/mol. The van der Waals surface area contributed by atoms with Crippen molar-refractivity contribution in [2.75, 3.05) is 18.6 Å². The zero-order valence-electron chi connectivity index (χ0n) is 21.9. The van der Waals surface area contributed by atoms with Crippen molar-refractivity contribution in [1.82, 2.24) is 15.0 Å². The number of aliphatic hydroxyl groups is 3. The van der Waals surface area contributed by atoms with Crippen LogP contribution in [0, 0.1) is 17.1 Å². The van der Waals surface area contributed by atoms with E-state index in [1.165, 1.54) is 47.2 Å². The average Bonchev–Trinajstić information content (AvgIpc) is 3.46. The number of hydrogen-bond acceptors (Lipinski definition) is 9. The summed E-state index contributed by atoms with van der Waals surface area (Å²) in [6.45, 7) is -0.654. The molecule has 2 heterocycles. The number of carbonyl (C=O) groups is 1. The Kier molecular flexibility index (Phi) is 9.03. The summed E-state index contributed by atoms with van der Waals surface area (Å²) in [4.78, 5) is 15.6. The number of anilines is 1. The summed E-state index contributed by atoms with van der Waals surface area (Å²) in [6.07, 6.45) is -3.76. The van der Waals surface area contributed by atoms with E-state index in [1.807, 2.05) is 6.07 Å². The Morgan fingerprint density at radius 3 is 2.60 bits per heavy atom. The van der Waals surface area contributed by atoms with Crippen molar-refractivity contribution in [3.8, 4) is 17.3 Å². The fraction of sp³-hybridized carbons (Fsp3) is 0.407. The van der Waals surface area contributed by atoms with Gasteiger partial charge in [-0.25, -0.2) is 9.07 Å². The molecule has 1 aliphatic carbocycles. The van der Waals surface area contributed by atoms with E-state index in [-0.39, 0.29) is 37.6 Å². The van der Waals surface area contributed by atoms with Gasteiger partial charge in [-0.15, -0.1) is 5.10 Å². The maximum absolute atomic E-state index is 14.3. The summed E-state index contributed by atoms with van der Waals surface area (Å²) >= 11 is 18.1. The highest BCUT2D eigenvalue weighted by Gasteiger charge is 2.52. The fourth-order valence-electron chi connectivity index (χ4n) is 5.28. The molecule has 2 fully saturated rings. The van der Waals surface area contributed by atoms with Gasteiger partial charge in [-0.05, 0) is 43.2 Å². The van der Waals surface area contributed by atoms with E-state index in [9.17, 15) is 29.8 Å². The molecule has 2 aromatic carbocycles. The summed E-state index contributed by atoms with van der Waals surface area (Å²) in [5.74, 6) is -1.42. The first-order valence-corrected chi connectivity index (χ1v) is 14.0. The van der Waals surface area contributed by atoms with Crippen LogP contribution in [0.15, 0.2) is 36.5 Å². The Bertz CT molecular complexity index is 1510. The zero-order valence-corrected chi connectivity index (χ0v) is 24.2. The van der Waals surface area contributed by atoms with E-state index in [0.29, 0.717) is 12.8 Å². The lowest BCUT2D eigenvalue weighted by Gasteiger charge is -2.47. The largest absolute Gasteiger partial charge is 0.394 e. The highest BCUT2D eigenvalue weighted by atomic mass is 35.5. The van der Waals surface area contributed by atoms with Gasteiger partial charge in [0, 0.05) is 23.4 Å². The standard InChI is InChI=1S/C27H25Cl3FN5O6/c1-41-25-23(35-10-18(33-34-35)13-6-16(29)22(30)17(31)7-13)24(39)21(11-37)42-26(25)27(40)36(19-2-3-20(19)38)15-5-12(9-32)4-14(28)8-15/h4-8,10,19-21,23-26,37-39H,2-3,11H2,1H3/t19-,20-,21?,23?,24?,25?,26?/m1/s1. The second-order valence-electron chi connectivity index (χ2n) is 10.0. The Morgan fingerprint density at radius 2 is 2.00 bits per heavy atom. The second-order valence-corrected chi connectivity index (χ2v) is 11.2. The van der Waals surface area contributed by atoms with Crippen molar-refractivity contribution in [1.29, 1.82) is 5.26 Å². The number of carbonyl (C=O) groups excluding carboxylic acids is 1. The van der Waals surface area contributed by atoms with Crippen LogP contribution >= 0.6 is 34.8 Å². The molecule has 0 spiro atoms.